The Morgan fingerprint density at radius 3 is 2.50 bits per heavy atom. The van der Waals surface area contributed by atoms with E-state index < -0.39 is 0 Å². The number of methoxy groups -OCH3 is 1. The third-order valence-electron chi connectivity index (χ3n) is 3.06. The number of benzene rings is 2. The standard InChI is InChI=1S/C16H16INO2/c1-11(12-6-4-3-5-7-12)18-16(19)13-8-9-15(20-2)14(17)10-13/h3-11H,1-2H3,(H,18,19)/t11-/m0/s1. The quantitative estimate of drug-likeness (QED) is 0.819. The zero-order chi connectivity index (χ0) is 14.5. The monoisotopic (exact) mass is 381 g/mol. The van der Waals surface area contributed by atoms with E-state index in [4.69, 9.17) is 4.74 Å². The fraction of sp³-hybridized carbons (Fsp3) is 0.188. The molecule has 0 aliphatic heterocycles. The van der Waals surface area contributed by atoms with E-state index in [-0.39, 0.29) is 11.9 Å². The molecule has 0 fully saturated rings. The topological polar surface area (TPSA) is 38.3 Å². The van der Waals surface area contributed by atoms with Crippen LogP contribution in [0.1, 0.15) is 28.9 Å². The molecule has 0 aliphatic carbocycles. The maximum Gasteiger partial charge on any atom is 0.251 e. The first kappa shape index (κ1) is 14.8. The Morgan fingerprint density at radius 2 is 1.90 bits per heavy atom. The van der Waals surface area contributed by atoms with Crippen molar-refractivity contribution in [2.45, 2.75) is 13.0 Å². The van der Waals surface area contributed by atoms with Crippen molar-refractivity contribution in [1.29, 1.82) is 0 Å². The molecule has 0 unspecified atom stereocenters. The maximum atomic E-state index is 12.2. The van der Waals surface area contributed by atoms with Crippen molar-refractivity contribution in [3.05, 3.63) is 63.2 Å². The molecule has 2 rings (SSSR count). The van der Waals surface area contributed by atoms with E-state index in [9.17, 15) is 4.79 Å². The maximum absolute atomic E-state index is 12.2. The van der Waals surface area contributed by atoms with Crippen LogP contribution in [0.2, 0.25) is 0 Å². The lowest BCUT2D eigenvalue weighted by Gasteiger charge is -2.14. The Balaban J connectivity index is 2.10. The molecule has 2 aromatic carbocycles. The first-order valence-corrected chi connectivity index (χ1v) is 7.39. The van der Waals surface area contributed by atoms with Crippen molar-refractivity contribution in [2.24, 2.45) is 0 Å². The van der Waals surface area contributed by atoms with Gasteiger partial charge in [-0.25, -0.2) is 0 Å². The highest BCUT2D eigenvalue weighted by molar-refractivity contribution is 14.1. The molecule has 0 radical (unpaired) electrons. The van der Waals surface area contributed by atoms with Crippen LogP contribution in [0.4, 0.5) is 0 Å². The Kier molecular flexibility index (Phi) is 5.00. The molecule has 104 valence electrons. The van der Waals surface area contributed by atoms with Gasteiger partial charge in [-0.1, -0.05) is 30.3 Å². The van der Waals surface area contributed by atoms with Crippen LogP contribution in [0.25, 0.3) is 0 Å². The molecule has 20 heavy (non-hydrogen) atoms. The molecular weight excluding hydrogens is 365 g/mol. The average molecular weight is 381 g/mol. The summed E-state index contributed by atoms with van der Waals surface area (Å²) in [5.74, 6) is 0.695. The molecule has 0 aromatic heterocycles. The molecule has 0 bridgehead atoms. The molecule has 0 heterocycles. The molecule has 3 nitrogen and oxygen atoms in total. The van der Waals surface area contributed by atoms with E-state index in [0.717, 1.165) is 14.9 Å². The molecule has 1 N–H and O–H groups in total. The predicted molar refractivity (Wildman–Crippen MR) is 88.0 cm³/mol. The summed E-state index contributed by atoms with van der Waals surface area (Å²) in [6.45, 7) is 1.97. The van der Waals surface area contributed by atoms with Gasteiger partial charge in [0.05, 0.1) is 16.7 Å². The van der Waals surface area contributed by atoms with E-state index in [1.54, 1.807) is 13.2 Å². The van der Waals surface area contributed by atoms with Crippen LogP contribution >= 0.6 is 22.6 Å². The molecule has 2 aromatic rings. The normalized spacial score (nSPS) is 11.8. The Labute approximate surface area is 132 Å². The molecule has 4 heteroatoms. The van der Waals surface area contributed by atoms with Gasteiger partial charge in [-0.05, 0) is 53.3 Å². The molecule has 1 amide bonds. The number of nitrogens with one attached hydrogen (secondary N) is 1. The summed E-state index contributed by atoms with van der Waals surface area (Å²) in [7, 11) is 1.62. The first-order chi connectivity index (χ1) is 9.61. The van der Waals surface area contributed by atoms with Gasteiger partial charge in [0.1, 0.15) is 5.75 Å². The number of halogens is 1. The summed E-state index contributed by atoms with van der Waals surface area (Å²) < 4.78 is 6.11. The summed E-state index contributed by atoms with van der Waals surface area (Å²) in [5, 5.41) is 2.99. The van der Waals surface area contributed by atoms with Crippen LogP contribution in [0.5, 0.6) is 5.75 Å². The second-order valence-corrected chi connectivity index (χ2v) is 5.62. The van der Waals surface area contributed by atoms with Crippen LogP contribution in [-0.4, -0.2) is 13.0 Å². The highest BCUT2D eigenvalue weighted by atomic mass is 127. The first-order valence-electron chi connectivity index (χ1n) is 6.31. The number of ether oxygens (including phenoxy) is 1. The smallest absolute Gasteiger partial charge is 0.251 e. The van der Waals surface area contributed by atoms with E-state index in [0.29, 0.717) is 5.56 Å². The number of hydrogen-bond donors (Lipinski definition) is 1. The van der Waals surface area contributed by atoms with Gasteiger partial charge in [0.2, 0.25) is 0 Å². The summed E-state index contributed by atoms with van der Waals surface area (Å²) in [6.07, 6.45) is 0. The van der Waals surface area contributed by atoms with Crippen LogP contribution in [0.3, 0.4) is 0 Å². The van der Waals surface area contributed by atoms with Crippen LogP contribution in [0, 0.1) is 3.57 Å². The second-order valence-electron chi connectivity index (χ2n) is 4.46. The third kappa shape index (κ3) is 3.50. The number of carbonyl (C=O) groups is 1. The fourth-order valence-corrected chi connectivity index (χ4v) is 2.65. The van der Waals surface area contributed by atoms with Crippen molar-refractivity contribution in [1.82, 2.24) is 5.32 Å². The molecule has 1 atom stereocenters. The van der Waals surface area contributed by atoms with E-state index >= 15 is 0 Å². The van der Waals surface area contributed by atoms with Crippen molar-refractivity contribution < 1.29 is 9.53 Å². The lowest BCUT2D eigenvalue weighted by Crippen LogP contribution is -2.26. The predicted octanol–water partition coefficient (Wildman–Crippen LogP) is 3.79. The Morgan fingerprint density at radius 1 is 1.20 bits per heavy atom. The largest absolute Gasteiger partial charge is 0.496 e. The molecule has 0 saturated heterocycles. The number of rotatable bonds is 4. The van der Waals surface area contributed by atoms with Gasteiger partial charge in [0.25, 0.3) is 5.91 Å². The van der Waals surface area contributed by atoms with Gasteiger partial charge in [-0.2, -0.15) is 0 Å². The molecule has 0 saturated carbocycles. The lowest BCUT2D eigenvalue weighted by molar-refractivity contribution is 0.0940. The zero-order valence-electron chi connectivity index (χ0n) is 11.4. The lowest BCUT2D eigenvalue weighted by atomic mass is 10.1. The number of hydrogen-bond acceptors (Lipinski definition) is 2. The summed E-state index contributed by atoms with van der Waals surface area (Å²) in [5.41, 5.74) is 1.72. The van der Waals surface area contributed by atoms with Crippen molar-refractivity contribution in [3.8, 4) is 5.75 Å². The molecule has 0 spiro atoms. The highest BCUT2D eigenvalue weighted by Crippen LogP contribution is 2.22. The van der Waals surface area contributed by atoms with Gasteiger partial charge < -0.3 is 10.1 Å². The second kappa shape index (κ2) is 6.74. The Hall–Kier alpha value is -1.56. The number of amides is 1. The van der Waals surface area contributed by atoms with Gasteiger partial charge in [-0.3, -0.25) is 4.79 Å². The summed E-state index contributed by atoms with van der Waals surface area (Å²) >= 11 is 2.16. The van der Waals surface area contributed by atoms with Gasteiger partial charge in [0.15, 0.2) is 0 Å². The minimum atomic E-state index is -0.0816. The van der Waals surface area contributed by atoms with Gasteiger partial charge >= 0.3 is 0 Å². The van der Waals surface area contributed by atoms with Crippen molar-refractivity contribution in [3.63, 3.8) is 0 Å². The van der Waals surface area contributed by atoms with Crippen LogP contribution < -0.4 is 10.1 Å². The van der Waals surface area contributed by atoms with E-state index in [2.05, 4.69) is 27.9 Å². The van der Waals surface area contributed by atoms with Crippen molar-refractivity contribution in [2.75, 3.05) is 7.11 Å². The third-order valence-corrected chi connectivity index (χ3v) is 3.90. The van der Waals surface area contributed by atoms with Crippen LogP contribution in [0.15, 0.2) is 48.5 Å². The number of carbonyl (C=O) groups excluding carboxylic acids is 1. The molecule has 0 aliphatic rings. The van der Waals surface area contributed by atoms with Crippen molar-refractivity contribution >= 4 is 28.5 Å². The fourth-order valence-electron chi connectivity index (χ4n) is 1.91. The minimum absolute atomic E-state index is 0.0246. The average Bonchev–Trinajstić information content (AvgIpc) is 2.48. The van der Waals surface area contributed by atoms with Gasteiger partial charge in [-0.15, -0.1) is 0 Å². The zero-order valence-corrected chi connectivity index (χ0v) is 13.5. The Bertz CT molecular complexity index is 599. The van der Waals surface area contributed by atoms with Crippen LogP contribution in [-0.2, 0) is 0 Å². The van der Waals surface area contributed by atoms with E-state index in [1.807, 2.05) is 49.4 Å². The highest BCUT2D eigenvalue weighted by Gasteiger charge is 2.12. The minimum Gasteiger partial charge on any atom is -0.496 e. The SMILES string of the molecule is COc1ccc(C(=O)N[C@@H](C)c2ccccc2)cc1I. The summed E-state index contributed by atoms with van der Waals surface area (Å²) in [6, 6.07) is 15.3. The van der Waals surface area contributed by atoms with Gasteiger partial charge in [0, 0.05) is 5.56 Å². The molecular formula is C16H16INO2. The van der Waals surface area contributed by atoms with E-state index in [1.165, 1.54) is 0 Å². The summed E-state index contributed by atoms with van der Waals surface area (Å²) in [4.78, 5) is 12.2.